The molecule has 1 rings (SSSR count). The zero-order chi connectivity index (χ0) is 11.8. The van der Waals surface area contributed by atoms with Gasteiger partial charge in [-0.05, 0) is 6.07 Å². The molecule has 0 bridgehead atoms. The van der Waals surface area contributed by atoms with Crippen LogP contribution < -0.4 is 5.32 Å². The Morgan fingerprint density at radius 3 is 3.06 bits per heavy atom. The minimum Gasteiger partial charge on any atom is -0.404 e. The first kappa shape index (κ1) is 12.6. The molecule has 6 heteroatoms. The normalized spacial score (nSPS) is 9.94. The number of nitro groups is 1. The first-order chi connectivity index (χ1) is 7.74. The van der Waals surface area contributed by atoms with Crippen LogP contribution in [0.25, 0.3) is 0 Å². The van der Waals surface area contributed by atoms with Crippen LogP contribution >= 0.6 is 11.8 Å². The lowest BCUT2D eigenvalue weighted by Gasteiger charge is -2.00. The SMILES string of the molecule is C#CCSCCNCc1ccc([N+](=O)[O-])o1. The maximum absolute atomic E-state index is 10.3. The van der Waals surface area contributed by atoms with E-state index in [1.807, 2.05) is 0 Å². The Kier molecular flexibility index (Phi) is 5.46. The van der Waals surface area contributed by atoms with Crippen LogP contribution in [-0.2, 0) is 6.54 Å². The molecule has 86 valence electrons. The fourth-order valence-electron chi connectivity index (χ4n) is 1.05. The average Bonchev–Trinajstić information content (AvgIpc) is 2.72. The summed E-state index contributed by atoms with van der Waals surface area (Å²) in [7, 11) is 0. The lowest BCUT2D eigenvalue weighted by molar-refractivity contribution is -0.402. The first-order valence-corrected chi connectivity index (χ1v) is 5.84. The Morgan fingerprint density at radius 1 is 1.62 bits per heavy atom. The molecule has 5 nitrogen and oxygen atoms in total. The van der Waals surface area contributed by atoms with Crippen LogP contribution in [0.2, 0.25) is 0 Å². The molecule has 1 N–H and O–H groups in total. The zero-order valence-electron chi connectivity index (χ0n) is 8.64. The third-order valence-electron chi connectivity index (χ3n) is 1.74. The van der Waals surface area contributed by atoms with Crippen molar-refractivity contribution in [1.29, 1.82) is 0 Å². The second kappa shape index (κ2) is 6.93. The van der Waals surface area contributed by atoms with Crippen LogP contribution in [0.3, 0.4) is 0 Å². The van der Waals surface area contributed by atoms with Gasteiger partial charge >= 0.3 is 5.88 Å². The Hall–Kier alpha value is -1.45. The highest BCUT2D eigenvalue weighted by molar-refractivity contribution is 7.99. The van der Waals surface area contributed by atoms with Crippen LogP contribution in [0.5, 0.6) is 0 Å². The summed E-state index contributed by atoms with van der Waals surface area (Å²) in [5.74, 6) is 4.49. The van der Waals surface area contributed by atoms with Crippen molar-refractivity contribution in [3.05, 3.63) is 28.0 Å². The molecule has 0 unspecified atom stereocenters. The molecule has 0 spiro atoms. The van der Waals surface area contributed by atoms with E-state index in [1.54, 1.807) is 17.8 Å². The number of hydrogen-bond donors (Lipinski definition) is 1. The van der Waals surface area contributed by atoms with Crippen molar-refractivity contribution in [3.63, 3.8) is 0 Å². The number of thioether (sulfide) groups is 1. The standard InChI is InChI=1S/C10H12N2O3S/c1-2-6-16-7-5-11-8-9-3-4-10(15-9)12(13)14/h1,3-4,11H,5-8H2. The van der Waals surface area contributed by atoms with E-state index in [0.29, 0.717) is 18.1 Å². The van der Waals surface area contributed by atoms with Gasteiger partial charge < -0.3 is 9.73 Å². The van der Waals surface area contributed by atoms with Crippen LogP contribution in [0, 0.1) is 22.5 Å². The maximum atomic E-state index is 10.3. The van der Waals surface area contributed by atoms with Crippen molar-refractivity contribution in [1.82, 2.24) is 5.32 Å². The molecule has 0 aliphatic heterocycles. The van der Waals surface area contributed by atoms with E-state index < -0.39 is 4.92 Å². The predicted octanol–water partition coefficient (Wildman–Crippen LogP) is 1.64. The van der Waals surface area contributed by atoms with Gasteiger partial charge in [-0.2, -0.15) is 0 Å². The number of furan rings is 1. The molecule has 1 aromatic heterocycles. The van der Waals surface area contributed by atoms with Crippen LogP contribution in [0.1, 0.15) is 5.76 Å². The largest absolute Gasteiger partial charge is 0.433 e. The van der Waals surface area contributed by atoms with E-state index in [1.165, 1.54) is 6.07 Å². The topological polar surface area (TPSA) is 68.3 Å². The van der Waals surface area contributed by atoms with E-state index in [4.69, 9.17) is 10.8 Å². The van der Waals surface area contributed by atoms with Crippen molar-refractivity contribution >= 4 is 17.6 Å². The van der Waals surface area contributed by atoms with Gasteiger partial charge in [0.25, 0.3) is 0 Å². The Labute approximate surface area is 97.7 Å². The average molecular weight is 240 g/mol. The molecular formula is C10H12N2O3S. The van der Waals surface area contributed by atoms with Crippen LogP contribution in [-0.4, -0.2) is 23.0 Å². The number of hydrogen-bond acceptors (Lipinski definition) is 5. The van der Waals surface area contributed by atoms with Gasteiger partial charge in [-0.1, -0.05) is 5.92 Å². The summed E-state index contributed by atoms with van der Waals surface area (Å²) in [6.45, 7) is 1.28. The Bertz CT molecular complexity index is 384. The second-order valence-electron chi connectivity index (χ2n) is 2.93. The summed E-state index contributed by atoms with van der Waals surface area (Å²) in [6, 6.07) is 2.95. The molecule has 16 heavy (non-hydrogen) atoms. The molecule has 0 aromatic carbocycles. The molecule has 0 aliphatic rings. The molecule has 0 atom stereocenters. The summed E-state index contributed by atoms with van der Waals surface area (Å²) in [5.41, 5.74) is 0. The van der Waals surface area contributed by atoms with Gasteiger partial charge in [-0.3, -0.25) is 10.1 Å². The molecule has 1 heterocycles. The quantitative estimate of drug-likeness (QED) is 0.339. The van der Waals surface area contributed by atoms with Gasteiger partial charge in [0.1, 0.15) is 10.7 Å². The zero-order valence-corrected chi connectivity index (χ0v) is 9.46. The van der Waals surface area contributed by atoms with Gasteiger partial charge in [0.05, 0.1) is 18.4 Å². The molecule has 0 saturated heterocycles. The highest BCUT2D eigenvalue weighted by atomic mass is 32.2. The number of nitrogens with one attached hydrogen (secondary N) is 1. The monoisotopic (exact) mass is 240 g/mol. The van der Waals surface area contributed by atoms with Gasteiger partial charge in [0.15, 0.2) is 0 Å². The number of nitrogens with zero attached hydrogens (tertiary/aromatic N) is 1. The maximum Gasteiger partial charge on any atom is 0.433 e. The van der Waals surface area contributed by atoms with Gasteiger partial charge in [0.2, 0.25) is 0 Å². The highest BCUT2D eigenvalue weighted by Crippen LogP contribution is 2.15. The smallest absolute Gasteiger partial charge is 0.404 e. The van der Waals surface area contributed by atoms with Crippen LogP contribution in [0.15, 0.2) is 16.5 Å². The molecule has 0 amide bonds. The van der Waals surface area contributed by atoms with E-state index in [2.05, 4.69) is 11.2 Å². The molecule has 0 radical (unpaired) electrons. The highest BCUT2D eigenvalue weighted by Gasteiger charge is 2.10. The fraction of sp³-hybridized carbons (Fsp3) is 0.400. The summed E-state index contributed by atoms with van der Waals surface area (Å²) < 4.78 is 4.97. The number of terminal acetylenes is 1. The summed E-state index contributed by atoms with van der Waals surface area (Å²) >= 11 is 1.66. The van der Waals surface area contributed by atoms with Gasteiger partial charge in [-0.25, -0.2) is 0 Å². The molecular weight excluding hydrogens is 228 g/mol. The lowest BCUT2D eigenvalue weighted by atomic mass is 10.4. The summed E-state index contributed by atoms with van der Waals surface area (Å²) in [6.07, 6.45) is 5.10. The second-order valence-corrected chi connectivity index (χ2v) is 4.04. The van der Waals surface area contributed by atoms with Crippen molar-refractivity contribution in [2.24, 2.45) is 0 Å². The van der Waals surface area contributed by atoms with Crippen molar-refractivity contribution in [2.45, 2.75) is 6.54 Å². The van der Waals surface area contributed by atoms with Crippen molar-refractivity contribution < 1.29 is 9.34 Å². The Balaban J connectivity index is 2.17. The predicted molar refractivity (Wildman–Crippen MR) is 63.2 cm³/mol. The minimum atomic E-state index is -0.549. The molecule has 0 aliphatic carbocycles. The van der Waals surface area contributed by atoms with Gasteiger partial charge in [-0.15, -0.1) is 18.2 Å². The molecule has 0 saturated carbocycles. The van der Waals surface area contributed by atoms with E-state index >= 15 is 0 Å². The van der Waals surface area contributed by atoms with Crippen LogP contribution in [0.4, 0.5) is 5.88 Å². The fourth-order valence-corrected chi connectivity index (χ4v) is 1.60. The summed E-state index contributed by atoms with van der Waals surface area (Å²) in [4.78, 5) is 9.78. The van der Waals surface area contributed by atoms with Gasteiger partial charge in [0, 0.05) is 12.3 Å². The molecule has 1 aromatic rings. The minimum absolute atomic E-state index is 0.224. The third kappa shape index (κ3) is 4.38. The summed E-state index contributed by atoms with van der Waals surface area (Å²) in [5, 5.41) is 13.4. The van der Waals surface area contributed by atoms with Crippen molar-refractivity contribution in [2.75, 3.05) is 18.1 Å². The molecule has 0 fully saturated rings. The van der Waals surface area contributed by atoms with E-state index in [-0.39, 0.29) is 5.88 Å². The van der Waals surface area contributed by atoms with E-state index in [0.717, 1.165) is 12.3 Å². The lowest BCUT2D eigenvalue weighted by Crippen LogP contribution is -2.16. The van der Waals surface area contributed by atoms with Crippen molar-refractivity contribution in [3.8, 4) is 12.3 Å². The third-order valence-corrected chi connectivity index (χ3v) is 2.60. The van der Waals surface area contributed by atoms with E-state index in [9.17, 15) is 10.1 Å². The Morgan fingerprint density at radius 2 is 2.44 bits per heavy atom. The first-order valence-electron chi connectivity index (χ1n) is 4.69. The number of rotatable bonds is 7.